The van der Waals surface area contributed by atoms with Crippen LogP contribution in [0.3, 0.4) is 0 Å². The molecule has 1 fully saturated rings. The number of benzene rings is 1. The number of rotatable bonds is 7. The summed E-state index contributed by atoms with van der Waals surface area (Å²) in [5.41, 5.74) is 1.24. The zero-order valence-electron chi connectivity index (χ0n) is 12.2. The first-order chi connectivity index (χ1) is 9.74. The maximum absolute atomic E-state index is 9.37. The summed E-state index contributed by atoms with van der Waals surface area (Å²) in [5, 5.41) is 13.7. The fourth-order valence-electron chi connectivity index (χ4n) is 3.12. The zero-order valence-corrected chi connectivity index (χ0v) is 12.9. The number of hydrogen-bond acceptors (Lipinski definition) is 3. The standard InChI is InChI=1S/C16H25ClN2O/c1-2-16(13-5-3-6-14(17)11-13)19(9-10-20)12-15-7-4-8-18-15/h3,5-6,11,15-16,18,20H,2,4,7-10,12H2,1H3. The van der Waals surface area contributed by atoms with Gasteiger partial charge in [0.25, 0.3) is 0 Å². The van der Waals surface area contributed by atoms with Crippen LogP contribution in [0.4, 0.5) is 0 Å². The highest BCUT2D eigenvalue weighted by Crippen LogP contribution is 2.27. The van der Waals surface area contributed by atoms with Crippen molar-refractivity contribution < 1.29 is 5.11 Å². The molecule has 0 radical (unpaired) electrons. The molecule has 0 bridgehead atoms. The summed E-state index contributed by atoms with van der Waals surface area (Å²) >= 11 is 6.12. The van der Waals surface area contributed by atoms with Gasteiger partial charge < -0.3 is 10.4 Å². The minimum atomic E-state index is 0.198. The normalized spacial score (nSPS) is 20.5. The molecule has 20 heavy (non-hydrogen) atoms. The lowest BCUT2D eigenvalue weighted by atomic mass is 10.0. The molecule has 0 spiro atoms. The van der Waals surface area contributed by atoms with E-state index < -0.39 is 0 Å². The predicted octanol–water partition coefficient (Wildman–Crippen LogP) is 2.84. The van der Waals surface area contributed by atoms with E-state index in [9.17, 15) is 5.11 Å². The lowest BCUT2D eigenvalue weighted by Gasteiger charge is -2.33. The van der Waals surface area contributed by atoms with Crippen LogP contribution < -0.4 is 5.32 Å². The lowest BCUT2D eigenvalue weighted by molar-refractivity contribution is 0.136. The summed E-state index contributed by atoms with van der Waals surface area (Å²) in [5.74, 6) is 0. The van der Waals surface area contributed by atoms with Crippen molar-refractivity contribution in [3.8, 4) is 0 Å². The summed E-state index contributed by atoms with van der Waals surface area (Å²) < 4.78 is 0. The van der Waals surface area contributed by atoms with Crippen LogP contribution in [0.5, 0.6) is 0 Å². The van der Waals surface area contributed by atoms with Gasteiger partial charge in [-0.25, -0.2) is 0 Å². The topological polar surface area (TPSA) is 35.5 Å². The molecule has 2 atom stereocenters. The molecule has 1 aliphatic rings. The SMILES string of the molecule is CCC(c1cccc(Cl)c1)N(CCO)CC1CCCN1. The number of nitrogens with zero attached hydrogens (tertiary/aromatic N) is 1. The van der Waals surface area contributed by atoms with E-state index in [4.69, 9.17) is 11.6 Å². The second kappa shape index (κ2) is 7.99. The Kier molecular flexibility index (Phi) is 6.30. The van der Waals surface area contributed by atoms with Gasteiger partial charge in [0.2, 0.25) is 0 Å². The molecule has 0 aliphatic carbocycles. The summed E-state index contributed by atoms with van der Waals surface area (Å²) in [6.45, 7) is 5.21. The quantitative estimate of drug-likeness (QED) is 0.812. The highest BCUT2D eigenvalue weighted by Gasteiger charge is 2.23. The van der Waals surface area contributed by atoms with Crippen molar-refractivity contribution in [3.63, 3.8) is 0 Å². The maximum atomic E-state index is 9.37. The summed E-state index contributed by atoms with van der Waals surface area (Å²) in [7, 11) is 0. The highest BCUT2D eigenvalue weighted by molar-refractivity contribution is 6.30. The third kappa shape index (κ3) is 4.19. The minimum Gasteiger partial charge on any atom is -0.395 e. The predicted molar refractivity (Wildman–Crippen MR) is 84.2 cm³/mol. The summed E-state index contributed by atoms with van der Waals surface area (Å²) in [6.07, 6.45) is 3.51. The van der Waals surface area contributed by atoms with Crippen LogP contribution in [0.25, 0.3) is 0 Å². The molecule has 4 heteroatoms. The molecule has 0 aromatic heterocycles. The molecule has 1 saturated heterocycles. The van der Waals surface area contributed by atoms with Crippen LogP contribution in [0, 0.1) is 0 Å². The number of halogens is 1. The zero-order chi connectivity index (χ0) is 14.4. The Bertz CT molecular complexity index is 407. The van der Waals surface area contributed by atoms with Gasteiger partial charge in [-0.1, -0.05) is 30.7 Å². The first kappa shape index (κ1) is 15.8. The summed E-state index contributed by atoms with van der Waals surface area (Å²) in [4.78, 5) is 2.38. The van der Waals surface area contributed by atoms with Gasteiger partial charge in [0.1, 0.15) is 0 Å². The van der Waals surface area contributed by atoms with Crippen LogP contribution in [0.15, 0.2) is 24.3 Å². The third-order valence-electron chi connectivity index (χ3n) is 4.07. The van der Waals surface area contributed by atoms with Crippen molar-refractivity contribution in [2.45, 2.75) is 38.3 Å². The molecule has 1 aromatic rings. The largest absolute Gasteiger partial charge is 0.395 e. The minimum absolute atomic E-state index is 0.198. The molecule has 3 nitrogen and oxygen atoms in total. The van der Waals surface area contributed by atoms with Crippen LogP contribution in [0.1, 0.15) is 37.8 Å². The number of aliphatic hydroxyl groups excluding tert-OH is 1. The van der Waals surface area contributed by atoms with Crippen LogP contribution in [-0.2, 0) is 0 Å². The fourth-order valence-corrected chi connectivity index (χ4v) is 3.32. The van der Waals surface area contributed by atoms with Crippen molar-refractivity contribution in [1.29, 1.82) is 0 Å². The Hall–Kier alpha value is -0.610. The molecule has 0 amide bonds. The number of nitrogens with one attached hydrogen (secondary N) is 1. The van der Waals surface area contributed by atoms with Crippen molar-refractivity contribution >= 4 is 11.6 Å². The first-order valence-corrected chi connectivity index (χ1v) is 7.96. The van der Waals surface area contributed by atoms with Gasteiger partial charge in [-0.2, -0.15) is 0 Å². The average molecular weight is 297 g/mol. The first-order valence-electron chi connectivity index (χ1n) is 7.58. The molecular weight excluding hydrogens is 272 g/mol. The van der Waals surface area contributed by atoms with Crippen molar-refractivity contribution in [2.24, 2.45) is 0 Å². The molecule has 0 saturated carbocycles. The molecule has 1 aliphatic heterocycles. The Morgan fingerprint density at radius 2 is 2.35 bits per heavy atom. The number of hydrogen-bond donors (Lipinski definition) is 2. The van der Waals surface area contributed by atoms with Gasteiger partial charge in [-0.15, -0.1) is 0 Å². The van der Waals surface area contributed by atoms with Crippen LogP contribution >= 0.6 is 11.6 Å². The van der Waals surface area contributed by atoms with Gasteiger partial charge in [0, 0.05) is 30.2 Å². The van der Waals surface area contributed by atoms with Crippen molar-refractivity contribution in [2.75, 3.05) is 26.2 Å². The molecule has 112 valence electrons. The van der Waals surface area contributed by atoms with E-state index in [1.54, 1.807) is 0 Å². The van der Waals surface area contributed by atoms with E-state index in [0.29, 0.717) is 18.6 Å². The molecule has 1 aromatic carbocycles. The number of aliphatic hydroxyl groups is 1. The molecule has 2 N–H and O–H groups in total. The van der Waals surface area contributed by atoms with Gasteiger partial charge in [0.05, 0.1) is 6.61 Å². The van der Waals surface area contributed by atoms with E-state index in [-0.39, 0.29) is 6.61 Å². The Morgan fingerprint density at radius 3 is 2.95 bits per heavy atom. The monoisotopic (exact) mass is 296 g/mol. The van der Waals surface area contributed by atoms with E-state index in [2.05, 4.69) is 23.2 Å². The third-order valence-corrected chi connectivity index (χ3v) is 4.30. The average Bonchev–Trinajstić information content (AvgIpc) is 2.93. The Balaban J connectivity index is 2.11. The molecular formula is C16H25ClN2O. The molecule has 2 rings (SSSR count). The van der Waals surface area contributed by atoms with Gasteiger partial charge >= 0.3 is 0 Å². The second-order valence-corrected chi connectivity index (χ2v) is 5.93. The van der Waals surface area contributed by atoms with E-state index >= 15 is 0 Å². The highest BCUT2D eigenvalue weighted by atomic mass is 35.5. The van der Waals surface area contributed by atoms with E-state index in [1.165, 1.54) is 18.4 Å². The smallest absolute Gasteiger partial charge is 0.0558 e. The lowest BCUT2D eigenvalue weighted by Crippen LogP contribution is -2.41. The van der Waals surface area contributed by atoms with Gasteiger partial charge in [0.15, 0.2) is 0 Å². The van der Waals surface area contributed by atoms with Crippen molar-refractivity contribution in [3.05, 3.63) is 34.9 Å². The maximum Gasteiger partial charge on any atom is 0.0558 e. The second-order valence-electron chi connectivity index (χ2n) is 5.49. The summed E-state index contributed by atoms with van der Waals surface area (Å²) in [6, 6.07) is 8.96. The Morgan fingerprint density at radius 1 is 1.50 bits per heavy atom. The van der Waals surface area contributed by atoms with Crippen molar-refractivity contribution in [1.82, 2.24) is 10.2 Å². The van der Waals surface area contributed by atoms with E-state index in [1.807, 2.05) is 18.2 Å². The van der Waals surface area contributed by atoms with Gasteiger partial charge in [-0.3, -0.25) is 4.90 Å². The Labute approximate surface area is 126 Å². The molecule has 1 heterocycles. The van der Waals surface area contributed by atoms with Crippen LogP contribution in [0.2, 0.25) is 5.02 Å². The molecule has 2 unspecified atom stereocenters. The van der Waals surface area contributed by atoms with E-state index in [0.717, 1.165) is 24.5 Å². The van der Waals surface area contributed by atoms with Crippen LogP contribution in [-0.4, -0.2) is 42.3 Å². The van der Waals surface area contributed by atoms with Gasteiger partial charge in [-0.05, 0) is 43.5 Å². The fraction of sp³-hybridized carbons (Fsp3) is 0.625.